The van der Waals surface area contributed by atoms with E-state index in [2.05, 4.69) is 25.9 Å². The number of likely N-dealkylation sites (N-methyl/N-ethyl adjacent to an activating group) is 1. The van der Waals surface area contributed by atoms with Crippen LogP contribution in [0.2, 0.25) is 0 Å². The number of H-pyrrole nitrogens is 1. The average molecular weight is 373 g/mol. The molecule has 2 heterocycles. The van der Waals surface area contributed by atoms with Gasteiger partial charge in [0.1, 0.15) is 22.8 Å². The number of hydroxylamine groups is 2. The summed E-state index contributed by atoms with van der Waals surface area (Å²) in [5, 5.41) is 1.63. The lowest BCUT2D eigenvalue weighted by molar-refractivity contribution is -0.131. The number of aromatic amines is 1. The quantitative estimate of drug-likeness (QED) is 0.803. The Bertz CT molecular complexity index is 534. The van der Waals surface area contributed by atoms with Gasteiger partial charge in [-0.15, -0.1) is 5.06 Å². The Balaban J connectivity index is 2.02. The van der Waals surface area contributed by atoms with Crippen molar-refractivity contribution in [3.63, 3.8) is 0 Å². The number of nitrogens with one attached hydrogen (secondary N) is 1. The van der Waals surface area contributed by atoms with Gasteiger partial charge in [0.25, 0.3) is 0 Å². The Kier molecular flexibility index (Phi) is 5.57. The molecular formula is C14H21BrN4O3. The third-order valence-electron chi connectivity index (χ3n) is 3.84. The predicted molar refractivity (Wildman–Crippen MR) is 83.9 cm³/mol. The van der Waals surface area contributed by atoms with Gasteiger partial charge >= 0.3 is 6.09 Å². The van der Waals surface area contributed by atoms with E-state index in [0.717, 1.165) is 29.6 Å². The molecule has 1 aliphatic heterocycles. The lowest BCUT2D eigenvalue weighted by Gasteiger charge is -2.29. The van der Waals surface area contributed by atoms with E-state index in [-0.39, 0.29) is 12.0 Å². The van der Waals surface area contributed by atoms with Gasteiger partial charge in [0.2, 0.25) is 0 Å². The molecule has 1 saturated heterocycles. The largest absolute Gasteiger partial charge is 0.429 e. The summed E-state index contributed by atoms with van der Waals surface area (Å²) in [6.45, 7) is 4.43. The summed E-state index contributed by atoms with van der Waals surface area (Å²) in [6, 6.07) is -0.580. The van der Waals surface area contributed by atoms with Crippen LogP contribution in [0.3, 0.4) is 0 Å². The van der Waals surface area contributed by atoms with E-state index in [9.17, 15) is 9.59 Å². The number of halogens is 1. The zero-order chi connectivity index (χ0) is 16.3. The van der Waals surface area contributed by atoms with Crippen LogP contribution in [-0.2, 0) is 9.63 Å². The number of rotatable bonds is 5. The second-order valence-corrected chi connectivity index (χ2v) is 6.61. The standard InChI is InChI=1S/C14H21BrN4O3/c1-9(2)11(8-20)18(3)14(21)22-19-6-4-5-10(19)13-16-7-12(15)17-13/h7-11H,4-6H2,1-3H3,(H,16,17)/t10-,11+/m0/s1. The maximum atomic E-state index is 12.2. The summed E-state index contributed by atoms with van der Waals surface area (Å²) in [7, 11) is 1.58. The number of imidazole rings is 1. The fourth-order valence-corrected chi connectivity index (χ4v) is 2.89. The maximum absolute atomic E-state index is 12.2. The first kappa shape index (κ1) is 17.0. The highest BCUT2D eigenvalue weighted by molar-refractivity contribution is 9.10. The Morgan fingerprint density at radius 2 is 2.36 bits per heavy atom. The highest BCUT2D eigenvalue weighted by Crippen LogP contribution is 2.31. The van der Waals surface area contributed by atoms with Gasteiger partial charge in [0.15, 0.2) is 0 Å². The highest BCUT2D eigenvalue weighted by atomic mass is 79.9. The van der Waals surface area contributed by atoms with E-state index in [1.165, 1.54) is 4.90 Å². The number of aldehydes is 1. The van der Waals surface area contributed by atoms with Crippen molar-refractivity contribution in [2.45, 2.75) is 38.8 Å². The Hall–Kier alpha value is -1.41. The Morgan fingerprint density at radius 3 is 2.91 bits per heavy atom. The number of hydrogen-bond acceptors (Lipinski definition) is 5. The summed E-state index contributed by atoms with van der Waals surface area (Å²) in [4.78, 5) is 37.6. The monoisotopic (exact) mass is 372 g/mol. The molecule has 1 fully saturated rings. The van der Waals surface area contributed by atoms with Crippen LogP contribution in [0.25, 0.3) is 0 Å². The first-order valence-corrected chi connectivity index (χ1v) is 8.10. The van der Waals surface area contributed by atoms with Crippen LogP contribution in [0, 0.1) is 5.92 Å². The zero-order valence-corrected chi connectivity index (χ0v) is 14.5. The molecule has 0 aromatic carbocycles. The molecule has 7 nitrogen and oxygen atoms in total. The SMILES string of the molecule is CC(C)[C@@H](C=O)N(C)C(=O)ON1CCC[C@H]1c1ncc(Br)[nH]1. The van der Waals surface area contributed by atoms with Crippen molar-refractivity contribution in [3.05, 3.63) is 16.6 Å². The second-order valence-electron chi connectivity index (χ2n) is 5.75. The van der Waals surface area contributed by atoms with Crippen molar-refractivity contribution in [3.8, 4) is 0 Å². The van der Waals surface area contributed by atoms with Crippen LogP contribution in [0.15, 0.2) is 10.8 Å². The minimum Gasteiger partial charge on any atom is -0.350 e. The minimum atomic E-state index is -0.525. The topological polar surface area (TPSA) is 78.5 Å². The van der Waals surface area contributed by atoms with Crippen molar-refractivity contribution in [1.82, 2.24) is 19.9 Å². The van der Waals surface area contributed by atoms with Gasteiger partial charge in [-0.2, -0.15) is 0 Å². The Labute approximate surface area is 138 Å². The van der Waals surface area contributed by atoms with Crippen LogP contribution in [-0.4, -0.2) is 51.9 Å². The molecule has 0 saturated carbocycles. The van der Waals surface area contributed by atoms with Crippen molar-refractivity contribution < 1.29 is 14.4 Å². The van der Waals surface area contributed by atoms with Crippen molar-refractivity contribution in [2.75, 3.05) is 13.6 Å². The first-order valence-electron chi connectivity index (χ1n) is 7.31. The van der Waals surface area contributed by atoms with Gasteiger partial charge in [0, 0.05) is 13.6 Å². The summed E-state index contributed by atoms with van der Waals surface area (Å²) in [5.41, 5.74) is 0. The molecule has 2 rings (SSSR count). The molecule has 1 N–H and O–H groups in total. The molecule has 0 bridgehead atoms. The van der Waals surface area contributed by atoms with Crippen LogP contribution >= 0.6 is 15.9 Å². The lowest BCUT2D eigenvalue weighted by atomic mass is 10.1. The number of amides is 1. The van der Waals surface area contributed by atoms with Gasteiger partial charge in [0.05, 0.1) is 12.2 Å². The fourth-order valence-electron chi connectivity index (χ4n) is 2.59. The van der Waals surface area contributed by atoms with Crippen LogP contribution in [0.1, 0.15) is 38.6 Å². The van der Waals surface area contributed by atoms with Crippen LogP contribution in [0.5, 0.6) is 0 Å². The summed E-state index contributed by atoms with van der Waals surface area (Å²) in [5.74, 6) is 0.793. The first-order chi connectivity index (χ1) is 10.4. The molecule has 1 aliphatic rings. The number of hydrogen-bond donors (Lipinski definition) is 1. The molecule has 0 aliphatic carbocycles. The molecule has 1 amide bonds. The highest BCUT2D eigenvalue weighted by Gasteiger charge is 2.33. The van der Waals surface area contributed by atoms with E-state index in [0.29, 0.717) is 6.54 Å². The van der Waals surface area contributed by atoms with Crippen molar-refractivity contribution in [2.24, 2.45) is 5.92 Å². The van der Waals surface area contributed by atoms with E-state index < -0.39 is 12.1 Å². The predicted octanol–water partition coefficient (Wildman–Crippen LogP) is 2.52. The van der Waals surface area contributed by atoms with Crippen molar-refractivity contribution >= 4 is 28.3 Å². The number of nitrogens with zero attached hydrogens (tertiary/aromatic N) is 3. The lowest BCUT2D eigenvalue weighted by Crippen LogP contribution is -2.44. The molecule has 22 heavy (non-hydrogen) atoms. The molecule has 8 heteroatoms. The fraction of sp³-hybridized carbons (Fsp3) is 0.643. The number of carbonyl (C=O) groups is 2. The van der Waals surface area contributed by atoms with E-state index in [1.54, 1.807) is 18.3 Å². The van der Waals surface area contributed by atoms with Crippen molar-refractivity contribution in [1.29, 1.82) is 0 Å². The maximum Gasteiger partial charge on any atom is 0.429 e. The molecule has 122 valence electrons. The normalized spacial score (nSPS) is 20.1. The molecule has 2 atom stereocenters. The molecule has 0 radical (unpaired) electrons. The summed E-state index contributed by atoms with van der Waals surface area (Å²) in [6.07, 6.45) is 3.71. The van der Waals surface area contributed by atoms with E-state index >= 15 is 0 Å². The smallest absolute Gasteiger partial charge is 0.350 e. The third-order valence-corrected chi connectivity index (χ3v) is 4.24. The zero-order valence-electron chi connectivity index (χ0n) is 13.0. The van der Waals surface area contributed by atoms with Crippen LogP contribution < -0.4 is 0 Å². The molecule has 0 spiro atoms. The molecule has 0 unspecified atom stereocenters. The Morgan fingerprint density at radius 1 is 1.64 bits per heavy atom. The van der Waals surface area contributed by atoms with Gasteiger partial charge in [-0.3, -0.25) is 4.90 Å². The molecular weight excluding hydrogens is 352 g/mol. The average Bonchev–Trinajstić information content (AvgIpc) is 3.07. The third kappa shape index (κ3) is 3.67. The second kappa shape index (κ2) is 7.23. The van der Waals surface area contributed by atoms with E-state index in [4.69, 9.17) is 4.84 Å². The molecule has 1 aromatic heterocycles. The van der Waals surface area contributed by atoms with Gasteiger partial charge in [-0.25, -0.2) is 9.78 Å². The minimum absolute atomic E-state index is 0.0328. The van der Waals surface area contributed by atoms with Gasteiger partial charge in [-0.1, -0.05) is 13.8 Å². The van der Waals surface area contributed by atoms with Gasteiger partial charge < -0.3 is 14.6 Å². The summed E-state index contributed by atoms with van der Waals surface area (Å²) < 4.78 is 0.790. The van der Waals surface area contributed by atoms with Gasteiger partial charge in [-0.05, 0) is 34.7 Å². The van der Waals surface area contributed by atoms with Crippen LogP contribution in [0.4, 0.5) is 4.79 Å². The van der Waals surface area contributed by atoms with E-state index in [1.807, 2.05) is 13.8 Å². The number of aromatic nitrogens is 2. The molecule has 1 aromatic rings. The number of carbonyl (C=O) groups excluding carboxylic acids is 2. The summed E-state index contributed by atoms with van der Waals surface area (Å²) >= 11 is 3.33.